The highest BCUT2D eigenvalue weighted by Gasteiger charge is 2.15. The number of hydrogen-bond donors (Lipinski definition) is 2. The second kappa shape index (κ2) is 24.8. The van der Waals surface area contributed by atoms with Gasteiger partial charge in [-0.2, -0.15) is 0 Å². The van der Waals surface area contributed by atoms with Gasteiger partial charge in [-0.05, 0) is 99.6 Å². The Morgan fingerprint density at radius 3 is 1.73 bits per heavy atom. The molecular weight excluding hydrogens is 591 g/mol. The van der Waals surface area contributed by atoms with E-state index in [2.05, 4.69) is 65.2 Å². The molecule has 5 nitrogen and oxygen atoms in total. The molecule has 2 N–H and O–H groups in total. The fourth-order valence-electron chi connectivity index (χ4n) is 5.55. The standard InChI is InChI=1S/C37H54N2O3.2ClH/c1-40-34-19-15-18-32(30-34)20-22-35-33(21-23-36(41-2)37(35)42-3)25-29-39-27-14-9-7-5-4-6-8-13-26-38-28-24-31-16-11-10-12-17-31;;/h10-12,15-19,21,23,30,38-39H,4-9,13-14,20,22,24-29H2,1-3H3;2*1H. The molecule has 0 saturated carbocycles. The van der Waals surface area contributed by atoms with Gasteiger partial charge in [0.05, 0.1) is 21.3 Å². The summed E-state index contributed by atoms with van der Waals surface area (Å²) < 4.78 is 16.8. The molecule has 0 unspecified atom stereocenters. The van der Waals surface area contributed by atoms with Crippen LogP contribution in [0, 0.1) is 0 Å². The Morgan fingerprint density at radius 1 is 0.500 bits per heavy atom. The van der Waals surface area contributed by atoms with Gasteiger partial charge in [-0.1, -0.05) is 87.1 Å². The molecule has 0 aromatic heterocycles. The predicted molar refractivity (Wildman–Crippen MR) is 191 cm³/mol. The molecule has 3 aromatic rings. The highest BCUT2D eigenvalue weighted by Crippen LogP contribution is 2.34. The molecule has 0 spiro atoms. The molecule has 0 saturated heterocycles. The van der Waals surface area contributed by atoms with Gasteiger partial charge in [0.1, 0.15) is 5.75 Å². The van der Waals surface area contributed by atoms with Crippen molar-refractivity contribution in [2.75, 3.05) is 47.5 Å². The van der Waals surface area contributed by atoms with Crippen LogP contribution in [0.5, 0.6) is 17.2 Å². The number of unbranched alkanes of at least 4 members (excludes halogenated alkanes) is 7. The average molecular weight is 648 g/mol. The van der Waals surface area contributed by atoms with Gasteiger partial charge in [0.15, 0.2) is 11.5 Å². The molecule has 0 amide bonds. The van der Waals surface area contributed by atoms with Gasteiger partial charge in [-0.3, -0.25) is 0 Å². The van der Waals surface area contributed by atoms with E-state index in [1.165, 1.54) is 73.6 Å². The minimum absolute atomic E-state index is 0. The Morgan fingerprint density at radius 2 is 1.11 bits per heavy atom. The van der Waals surface area contributed by atoms with Gasteiger partial charge < -0.3 is 24.8 Å². The fraction of sp³-hybridized carbons (Fsp3) is 0.514. The topological polar surface area (TPSA) is 51.8 Å². The van der Waals surface area contributed by atoms with Crippen LogP contribution in [0.2, 0.25) is 0 Å². The van der Waals surface area contributed by atoms with Crippen LogP contribution >= 0.6 is 24.8 Å². The van der Waals surface area contributed by atoms with E-state index in [-0.39, 0.29) is 24.8 Å². The number of hydrogen-bond acceptors (Lipinski definition) is 5. The average Bonchev–Trinajstić information content (AvgIpc) is 3.04. The smallest absolute Gasteiger partial charge is 0.164 e. The molecule has 0 heterocycles. The largest absolute Gasteiger partial charge is 0.497 e. The van der Waals surface area contributed by atoms with Crippen molar-refractivity contribution in [3.05, 3.63) is 89.0 Å². The lowest BCUT2D eigenvalue weighted by molar-refractivity contribution is 0.351. The highest BCUT2D eigenvalue weighted by atomic mass is 35.5. The van der Waals surface area contributed by atoms with Gasteiger partial charge in [0, 0.05) is 5.56 Å². The molecule has 0 radical (unpaired) electrons. The molecule has 0 fully saturated rings. The fourth-order valence-corrected chi connectivity index (χ4v) is 5.55. The van der Waals surface area contributed by atoms with Crippen LogP contribution in [-0.4, -0.2) is 47.5 Å². The lowest BCUT2D eigenvalue weighted by Gasteiger charge is -2.17. The minimum atomic E-state index is 0. The van der Waals surface area contributed by atoms with E-state index >= 15 is 0 Å². The zero-order chi connectivity index (χ0) is 29.7. The van der Waals surface area contributed by atoms with E-state index in [4.69, 9.17) is 14.2 Å². The van der Waals surface area contributed by atoms with Crippen LogP contribution in [0.4, 0.5) is 0 Å². The second-order valence-electron chi connectivity index (χ2n) is 11.1. The number of methoxy groups -OCH3 is 3. The Kier molecular flexibility index (Phi) is 22.3. The molecule has 44 heavy (non-hydrogen) atoms. The molecule has 0 aliphatic rings. The number of ether oxygens (including phenoxy) is 3. The minimum Gasteiger partial charge on any atom is -0.497 e. The van der Waals surface area contributed by atoms with E-state index < -0.39 is 0 Å². The predicted octanol–water partition coefficient (Wildman–Crippen LogP) is 8.43. The summed E-state index contributed by atoms with van der Waals surface area (Å²) in [6.45, 7) is 4.28. The normalized spacial score (nSPS) is 10.5. The number of benzene rings is 3. The number of aryl methyl sites for hydroxylation is 1. The molecule has 3 rings (SSSR count). The summed E-state index contributed by atoms with van der Waals surface area (Å²) in [5.41, 5.74) is 5.25. The summed E-state index contributed by atoms with van der Waals surface area (Å²) in [6, 6.07) is 23.3. The highest BCUT2D eigenvalue weighted by molar-refractivity contribution is 5.85. The van der Waals surface area contributed by atoms with Crippen molar-refractivity contribution in [2.45, 2.75) is 77.0 Å². The summed E-state index contributed by atoms with van der Waals surface area (Å²) in [4.78, 5) is 0. The van der Waals surface area contributed by atoms with Crippen LogP contribution in [0.3, 0.4) is 0 Å². The molecule has 0 aliphatic heterocycles. The summed E-state index contributed by atoms with van der Waals surface area (Å²) in [5.74, 6) is 2.55. The van der Waals surface area contributed by atoms with Crippen molar-refractivity contribution in [3.63, 3.8) is 0 Å². The third-order valence-electron chi connectivity index (χ3n) is 8.00. The quantitative estimate of drug-likeness (QED) is 0.101. The van der Waals surface area contributed by atoms with Crippen LogP contribution in [-0.2, 0) is 25.7 Å². The Hall–Kier alpha value is -2.44. The Bertz CT molecular complexity index is 1130. The zero-order valence-electron chi connectivity index (χ0n) is 27.2. The van der Waals surface area contributed by atoms with Crippen LogP contribution in [0.15, 0.2) is 66.7 Å². The van der Waals surface area contributed by atoms with Crippen molar-refractivity contribution in [1.82, 2.24) is 10.6 Å². The Labute approximate surface area is 279 Å². The Balaban J connectivity index is 0.00000484. The molecule has 3 aromatic carbocycles. The van der Waals surface area contributed by atoms with E-state index in [1.807, 2.05) is 12.1 Å². The molecule has 246 valence electrons. The van der Waals surface area contributed by atoms with E-state index in [1.54, 1.807) is 21.3 Å². The summed E-state index contributed by atoms with van der Waals surface area (Å²) in [7, 11) is 5.16. The van der Waals surface area contributed by atoms with Crippen molar-refractivity contribution in [3.8, 4) is 17.2 Å². The second-order valence-corrected chi connectivity index (χ2v) is 11.1. The van der Waals surface area contributed by atoms with Crippen LogP contribution < -0.4 is 24.8 Å². The van der Waals surface area contributed by atoms with Gasteiger partial charge >= 0.3 is 0 Å². The summed E-state index contributed by atoms with van der Waals surface area (Å²) in [6.07, 6.45) is 14.6. The van der Waals surface area contributed by atoms with Crippen molar-refractivity contribution >= 4 is 24.8 Å². The van der Waals surface area contributed by atoms with Crippen LogP contribution in [0.25, 0.3) is 0 Å². The maximum Gasteiger partial charge on any atom is 0.164 e. The summed E-state index contributed by atoms with van der Waals surface area (Å²) >= 11 is 0. The van der Waals surface area contributed by atoms with E-state index in [0.29, 0.717) is 0 Å². The van der Waals surface area contributed by atoms with Crippen LogP contribution in [0.1, 0.15) is 73.6 Å². The number of rotatable bonds is 23. The number of nitrogens with one attached hydrogen (secondary N) is 2. The van der Waals surface area contributed by atoms with E-state index in [0.717, 1.165) is 69.1 Å². The summed E-state index contributed by atoms with van der Waals surface area (Å²) in [5, 5.41) is 7.25. The third kappa shape index (κ3) is 15.0. The first-order valence-corrected chi connectivity index (χ1v) is 16.1. The van der Waals surface area contributed by atoms with Gasteiger partial charge in [-0.15, -0.1) is 24.8 Å². The van der Waals surface area contributed by atoms with E-state index in [9.17, 15) is 0 Å². The first kappa shape index (κ1) is 39.6. The van der Waals surface area contributed by atoms with Crippen molar-refractivity contribution in [2.24, 2.45) is 0 Å². The van der Waals surface area contributed by atoms with Gasteiger partial charge in [0.25, 0.3) is 0 Å². The maximum atomic E-state index is 5.81. The molecule has 0 aliphatic carbocycles. The monoisotopic (exact) mass is 646 g/mol. The maximum absolute atomic E-state index is 5.81. The lowest BCUT2D eigenvalue weighted by Crippen LogP contribution is -2.19. The number of halogens is 2. The zero-order valence-corrected chi connectivity index (χ0v) is 28.8. The van der Waals surface area contributed by atoms with Gasteiger partial charge in [0.2, 0.25) is 0 Å². The molecule has 0 atom stereocenters. The first-order chi connectivity index (χ1) is 20.7. The van der Waals surface area contributed by atoms with Gasteiger partial charge in [-0.25, -0.2) is 0 Å². The third-order valence-corrected chi connectivity index (χ3v) is 8.00. The molecular formula is C37H56Cl2N2O3. The SMILES string of the molecule is COc1cccc(CCc2c(CCNCCCCCCCCCCNCCc3ccccc3)ccc(OC)c2OC)c1.Cl.Cl. The first-order valence-electron chi connectivity index (χ1n) is 16.1. The van der Waals surface area contributed by atoms with Crippen molar-refractivity contribution < 1.29 is 14.2 Å². The van der Waals surface area contributed by atoms with Crippen molar-refractivity contribution in [1.29, 1.82) is 0 Å². The lowest BCUT2D eigenvalue weighted by atomic mass is 9.96. The molecule has 7 heteroatoms. The molecule has 0 bridgehead atoms.